The third-order valence-electron chi connectivity index (χ3n) is 2.27. The largest absolute Gasteiger partial charge is 0.309 e. The van der Waals surface area contributed by atoms with Gasteiger partial charge in [-0.3, -0.25) is 0 Å². The Labute approximate surface area is 64.8 Å². The number of hydrogen-bond donors (Lipinski definition) is 1. The highest BCUT2D eigenvalue weighted by molar-refractivity contribution is 7.99. The predicted molar refractivity (Wildman–Crippen MR) is 42.2 cm³/mol. The van der Waals surface area contributed by atoms with E-state index in [0.717, 1.165) is 30.9 Å². The van der Waals surface area contributed by atoms with E-state index in [1.54, 1.807) is 0 Å². The number of alkyl halides is 1. The number of hydrogen-bond acceptors (Lipinski definition) is 2. The Morgan fingerprint density at radius 1 is 1.50 bits per heavy atom. The van der Waals surface area contributed by atoms with Crippen molar-refractivity contribution in [1.82, 2.24) is 5.32 Å². The molecule has 2 fully saturated rings. The topological polar surface area (TPSA) is 12.0 Å². The van der Waals surface area contributed by atoms with E-state index < -0.39 is 5.67 Å². The van der Waals surface area contributed by atoms with Crippen molar-refractivity contribution in [3.63, 3.8) is 0 Å². The minimum absolute atomic E-state index is 0.159. The second-order valence-electron chi connectivity index (χ2n) is 3.12. The molecule has 3 heteroatoms. The van der Waals surface area contributed by atoms with E-state index in [0.29, 0.717) is 0 Å². The zero-order valence-electron chi connectivity index (χ0n) is 5.90. The summed E-state index contributed by atoms with van der Waals surface area (Å²) in [7, 11) is 0. The first kappa shape index (κ1) is 6.92. The van der Waals surface area contributed by atoms with Gasteiger partial charge in [0.15, 0.2) is 0 Å². The normalized spacial score (nSPS) is 37.5. The maximum absolute atomic E-state index is 13.3. The summed E-state index contributed by atoms with van der Waals surface area (Å²) in [6.07, 6.45) is 1.57. The molecule has 0 aromatic rings. The number of halogens is 1. The summed E-state index contributed by atoms with van der Waals surface area (Å²) < 4.78 is 13.3. The molecule has 0 bridgehead atoms. The molecule has 0 radical (unpaired) electrons. The van der Waals surface area contributed by atoms with Crippen molar-refractivity contribution < 1.29 is 4.39 Å². The zero-order valence-corrected chi connectivity index (χ0v) is 6.72. The summed E-state index contributed by atoms with van der Waals surface area (Å²) in [6, 6.07) is 0.159. The summed E-state index contributed by atoms with van der Waals surface area (Å²) in [4.78, 5) is 0. The third-order valence-corrected chi connectivity index (χ3v) is 3.34. The lowest BCUT2D eigenvalue weighted by Gasteiger charge is -2.25. The molecule has 1 unspecified atom stereocenters. The molecule has 0 aromatic carbocycles. The van der Waals surface area contributed by atoms with E-state index >= 15 is 0 Å². The fourth-order valence-electron chi connectivity index (χ4n) is 1.37. The van der Waals surface area contributed by atoms with Gasteiger partial charge in [-0.05, 0) is 12.8 Å². The lowest BCUT2D eigenvalue weighted by atomic mass is 10.2. The standard InChI is InChI=1S/C7H12FNS/c8-7(1-2-7)6-5-10-4-3-9-6/h6,9H,1-5H2. The van der Waals surface area contributed by atoms with Crippen LogP contribution in [0.2, 0.25) is 0 Å². The molecule has 1 saturated carbocycles. The first-order chi connectivity index (χ1) is 4.81. The Balaban J connectivity index is 1.91. The van der Waals surface area contributed by atoms with E-state index in [4.69, 9.17) is 0 Å². The van der Waals surface area contributed by atoms with Crippen molar-refractivity contribution in [3.8, 4) is 0 Å². The third kappa shape index (κ3) is 1.17. The van der Waals surface area contributed by atoms with Gasteiger partial charge in [0.25, 0.3) is 0 Å². The number of nitrogens with one attached hydrogen (secondary N) is 1. The summed E-state index contributed by atoms with van der Waals surface area (Å²) in [5, 5.41) is 3.23. The highest BCUT2D eigenvalue weighted by Gasteiger charge is 2.50. The molecule has 1 atom stereocenters. The van der Waals surface area contributed by atoms with Crippen LogP contribution in [0.4, 0.5) is 4.39 Å². The average molecular weight is 161 g/mol. The van der Waals surface area contributed by atoms with Crippen LogP contribution in [0.5, 0.6) is 0 Å². The SMILES string of the molecule is FC1(C2CSCCN2)CC1. The van der Waals surface area contributed by atoms with Crippen LogP contribution < -0.4 is 5.32 Å². The lowest BCUT2D eigenvalue weighted by molar-refractivity contribution is 0.239. The van der Waals surface area contributed by atoms with E-state index in [-0.39, 0.29) is 6.04 Å². The van der Waals surface area contributed by atoms with Gasteiger partial charge in [0.2, 0.25) is 0 Å². The van der Waals surface area contributed by atoms with Crippen LogP contribution in [0.25, 0.3) is 0 Å². The molecule has 1 aliphatic heterocycles. The Bertz CT molecular complexity index is 130. The van der Waals surface area contributed by atoms with Gasteiger partial charge in [-0.1, -0.05) is 0 Å². The van der Waals surface area contributed by atoms with Gasteiger partial charge >= 0.3 is 0 Å². The van der Waals surface area contributed by atoms with Crippen LogP contribution in [-0.2, 0) is 0 Å². The van der Waals surface area contributed by atoms with E-state index in [1.807, 2.05) is 11.8 Å². The Hall–Kier alpha value is 0.240. The van der Waals surface area contributed by atoms with Gasteiger partial charge in [0.05, 0.1) is 6.04 Å². The van der Waals surface area contributed by atoms with Gasteiger partial charge < -0.3 is 5.32 Å². The lowest BCUT2D eigenvalue weighted by Crippen LogP contribution is -2.45. The molecule has 1 heterocycles. The van der Waals surface area contributed by atoms with Crippen LogP contribution in [-0.4, -0.2) is 29.8 Å². The first-order valence-electron chi connectivity index (χ1n) is 3.81. The molecular weight excluding hydrogens is 149 g/mol. The summed E-state index contributed by atoms with van der Waals surface area (Å²) in [6.45, 7) is 0.987. The second kappa shape index (κ2) is 2.38. The first-order valence-corrected chi connectivity index (χ1v) is 4.97. The van der Waals surface area contributed by atoms with Crippen molar-refractivity contribution in [2.45, 2.75) is 24.6 Å². The van der Waals surface area contributed by atoms with Crippen LogP contribution in [0.1, 0.15) is 12.8 Å². The monoisotopic (exact) mass is 161 g/mol. The molecule has 58 valence electrons. The molecule has 1 aliphatic carbocycles. The van der Waals surface area contributed by atoms with Gasteiger partial charge in [-0.2, -0.15) is 11.8 Å². The molecule has 0 aromatic heterocycles. The average Bonchev–Trinajstić information content (AvgIpc) is 2.72. The van der Waals surface area contributed by atoms with Crippen molar-refractivity contribution in [2.24, 2.45) is 0 Å². The maximum Gasteiger partial charge on any atom is 0.127 e. The second-order valence-corrected chi connectivity index (χ2v) is 4.27. The predicted octanol–water partition coefficient (Wildman–Crippen LogP) is 1.19. The minimum Gasteiger partial charge on any atom is -0.309 e. The van der Waals surface area contributed by atoms with Gasteiger partial charge in [0, 0.05) is 18.1 Å². The van der Waals surface area contributed by atoms with E-state index in [1.165, 1.54) is 0 Å². The molecule has 2 aliphatic rings. The smallest absolute Gasteiger partial charge is 0.127 e. The minimum atomic E-state index is -0.812. The fourth-order valence-corrected chi connectivity index (χ4v) is 2.45. The molecule has 1 nitrogen and oxygen atoms in total. The number of rotatable bonds is 1. The quantitative estimate of drug-likeness (QED) is 0.620. The van der Waals surface area contributed by atoms with Crippen molar-refractivity contribution in [1.29, 1.82) is 0 Å². The van der Waals surface area contributed by atoms with E-state index in [9.17, 15) is 4.39 Å². The van der Waals surface area contributed by atoms with Crippen LogP contribution in [0.15, 0.2) is 0 Å². The Kier molecular flexibility index (Phi) is 1.65. The van der Waals surface area contributed by atoms with Crippen molar-refractivity contribution in [2.75, 3.05) is 18.1 Å². The fraction of sp³-hybridized carbons (Fsp3) is 1.00. The molecule has 1 N–H and O–H groups in total. The molecular formula is C7H12FNS. The Morgan fingerprint density at radius 2 is 2.30 bits per heavy atom. The Morgan fingerprint density at radius 3 is 2.80 bits per heavy atom. The summed E-state index contributed by atoms with van der Waals surface area (Å²) >= 11 is 1.87. The summed E-state index contributed by atoms with van der Waals surface area (Å²) in [5.41, 5.74) is -0.812. The molecule has 10 heavy (non-hydrogen) atoms. The van der Waals surface area contributed by atoms with Crippen LogP contribution >= 0.6 is 11.8 Å². The van der Waals surface area contributed by atoms with E-state index in [2.05, 4.69) is 5.32 Å². The van der Waals surface area contributed by atoms with Crippen molar-refractivity contribution in [3.05, 3.63) is 0 Å². The van der Waals surface area contributed by atoms with Crippen LogP contribution in [0, 0.1) is 0 Å². The highest BCUT2D eigenvalue weighted by atomic mass is 32.2. The maximum atomic E-state index is 13.3. The van der Waals surface area contributed by atoms with Gasteiger partial charge in [0.1, 0.15) is 5.67 Å². The van der Waals surface area contributed by atoms with Crippen LogP contribution in [0.3, 0.4) is 0 Å². The summed E-state index contributed by atoms with van der Waals surface area (Å²) in [5.74, 6) is 2.11. The molecule has 0 amide bonds. The van der Waals surface area contributed by atoms with Gasteiger partial charge in [-0.15, -0.1) is 0 Å². The molecule has 1 saturated heterocycles. The molecule has 2 rings (SSSR count). The zero-order chi connectivity index (χ0) is 7.03. The highest BCUT2D eigenvalue weighted by Crippen LogP contribution is 2.44. The van der Waals surface area contributed by atoms with Gasteiger partial charge in [-0.25, -0.2) is 4.39 Å². The number of thioether (sulfide) groups is 1. The van der Waals surface area contributed by atoms with Crippen molar-refractivity contribution >= 4 is 11.8 Å². The molecule has 0 spiro atoms.